The van der Waals surface area contributed by atoms with E-state index < -0.39 is 0 Å². The maximum Gasteiger partial charge on any atom is 0.231 e. The highest BCUT2D eigenvalue weighted by Gasteiger charge is 2.29. The van der Waals surface area contributed by atoms with Crippen molar-refractivity contribution in [1.29, 1.82) is 0 Å². The van der Waals surface area contributed by atoms with Crippen LogP contribution in [0.3, 0.4) is 0 Å². The largest absolute Gasteiger partial charge is 0.474 e. The van der Waals surface area contributed by atoms with Gasteiger partial charge in [-0.1, -0.05) is 25.1 Å². The predicted molar refractivity (Wildman–Crippen MR) is 115 cm³/mol. The lowest BCUT2D eigenvalue weighted by atomic mass is 9.86. The van der Waals surface area contributed by atoms with E-state index in [-0.39, 0.29) is 6.10 Å². The molecule has 2 aromatic heterocycles. The van der Waals surface area contributed by atoms with Gasteiger partial charge in [0.15, 0.2) is 0 Å². The van der Waals surface area contributed by atoms with Crippen molar-refractivity contribution in [2.75, 3.05) is 19.0 Å². The zero-order valence-electron chi connectivity index (χ0n) is 17.5. The molecule has 152 valence electrons. The molecule has 0 radical (unpaired) electrons. The predicted octanol–water partition coefficient (Wildman–Crippen LogP) is 4.40. The summed E-state index contributed by atoms with van der Waals surface area (Å²) in [5, 5.41) is 9.10. The molecule has 0 amide bonds. The minimum absolute atomic E-state index is 0.217. The van der Waals surface area contributed by atoms with E-state index >= 15 is 0 Å². The number of nitrogens with zero attached hydrogens (tertiary/aromatic N) is 5. The van der Waals surface area contributed by atoms with E-state index in [1.54, 1.807) is 6.20 Å². The van der Waals surface area contributed by atoms with Crippen LogP contribution in [0.5, 0.6) is 5.88 Å². The molecule has 1 aromatic carbocycles. The molecule has 0 atom stereocenters. The van der Waals surface area contributed by atoms with Crippen molar-refractivity contribution >= 4 is 5.95 Å². The quantitative estimate of drug-likeness (QED) is 0.623. The summed E-state index contributed by atoms with van der Waals surface area (Å²) in [6.45, 7) is 2.18. The molecular formula is C23H29N5O. The Morgan fingerprint density at radius 2 is 1.76 bits per heavy atom. The second kappa shape index (κ2) is 8.64. The molecule has 29 heavy (non-hydrogen) atoms. The number of rotatable bonds is 6. The van der Waals surface area contributed by atoms with E-state index in [1.165, 1.54) is 5.56 Å². The molecule has 0 aliphatic heterocycles. The van der Waals surface area contributed by atoms with Gasteiger partial charge in [-0.3, -0.25) is 4.57 Å². The number of pyridine rings is 1. The molecule has 4 rings (SSSR count). The highest BCUT2D eigenvalue weighted by atomic mass is 16.5. The Labute approximate surface area is 172 Å². The average molecular weight is 392 g/mol. The van der Waals surface area contributed by atoms with Gasteiger partial charge in [0.25, 0.3) is 0 Å². The molecule has 0 bridgehead atoms. The maximum atomic E-state index is 6.06. The highest BCUT2D eigenvalue weighted by molar-refractivity contribution is 5.45. The van der Waals surface area contributed by atoms with Crippen LogP contribution in [-0.4, -0.2) is 39.9 Å². The van der Waals surface area contributed by atoms with Crippen molar-refractivity contribution in [2.45, 2.75) is 51.0 Å². The van der Waals surface area contributed by atoms with Gasteiger partial charge in [-0.25, -0.2) is 4.98 Å². The van der Waals surface area contributed by atoms with Crippen LogP contribution in [0, 0.1) is 0 Å². The van der Waals surface area contributed by atoms with Crippen molar-refractivity contribution in [3.8, 4) is 11.6 Å². The lowest BCUT2D eigenvalue weighted by molar-refractivity contribution is 0.139. The molecule has 6 nitrogen and oxygen atoms in total. The summed E-state index contributed by atoms with van der Waals surface area (Å²) in [6.07, 6.45) is 7.10. The molecule has 1 saturated carbocycles. The van der Waals surface area contributed by atoms with Gasteiger partial charge in [0.05, 0.1) is 5.69 Å². The molecular weight excluding hydrogens is 362 g/mol. The van der Waals surface area contributed by atoms with Crippen LogP contribution in [0.1, 0.15) is 49.9 Å². The monoisotopic (exact) mass is 391 g/mol. The SMILES string of the molecule is CCc1ccc(-n2c(N(C)C)nnc2[C@H]2CC[C@H](Oc3ccccn3)CC2)cc1. The topological polar surface area (TPSA) is 56.1 Å². The minimum Gasteiger partial charge on any atom is -0.474 e. The number of benzene rings is 1. The smallest absolute Gasteiger partial charge is 0.231 e. The third-order valence-corrected chi connectivity index (χ3v) is 5.64. The lowest BCUT2D eigenvalue weighted by Gasteiger charge is -2.28. The van der Waals surface area contributed by atoms with Gasteiger partial charge in [-0.15, -0.1) is 10.2 Å². The average Bonchev–Trinajstić information content (AvgIpc) is 3.20. The fourth-order valence-electron chi connectivity index (χ4n) is 4.00. The van der Waals surface area contributed by atoms with Crippen LogP contribution in [0.25, 0.3) is 5.69 Å². The molecule has 0 saturated heterocycles. The van der Waals surface area contributed by atoms with Gasteiger partial charge in [-0.05, 0) is 55.9 Å². The third-order valence-electron chi connectivity index (χ3n) is 5.64. The van der Waals surface area contributed by atoms with E-state index in [1.807, 2.05) is 37.2 Å². The standard InChI is InChI=1S/C23H29N5O/c1-4-17-8-12-19(13-9-17)28-22(25-26-23(28)27(2)3)18-10-14-20(15-11-18)29-21-7-5-6-16-24-21/h5-9,12-13,16,18,20H,4,10-11,14-15H2,1-3H3/t18-,20-. The molecule has 3 aromatic rings. The number of hydrogen-bond donors (Lipinski definition) is 0. The summed E-state index contributed by atoms with van der Waals surface area (Å²) in [5.41, 5.74) is 2.46. The number of aromatic nitrogens is 4. The summed E-state index contributed by atoms with van der Waals surface area (Å²) >= 11 is 0. The zero-order valence-corrected chi connectivity index (χ0v) is 17.5. The van der Waals surface area contributed by atoms with Gasteiger partial charge >= 0.3 is 0 Å². The lowest BCUT2D eigenvalue weighted by Crippen LogP contribution is -2.25. The summed E-state index contributed by atoms with van der Waals surface area (Å²) in [7, 11) is 4.03. The number of ether oxygens (including phenoxy) is 1. The van der Waals surface area contributed by atoms with Gasteiger partial charge in [-0.2, -0.15) is 0 Å². The first-order valence-electron chi connectivity index (χ1n) is 10.5. The van der Waals surface area contributed by atoms with Crippen LogP contribution in [0.2, 0.25) is 0 Å². The summed E-state index contributed by atoms with van der Waals surface area (Å²) < 4.78 is 8.27. The maximum absolute atomic E-state index is 6.06. The van der Waals surface area contributed by atoms with Crippen molar-refractivity contribution in [3.05, 3.63) is 60.0 Å². The van der Waals surface area contributed by atoms with E-state index in [0.717, 1.165) is 49.6 Å². The Morgan fingerprint density at radius 3 is 2.38 bits per heavy atom. The first-order chi connectivity index (χ1) is 14.2. The van der Waals surface area contributed by atoms with E-state index in [9.17, 15) is 0 Å². The van der Waals surface area contributed by atoms with Gasteiger partial charge in [0.2, 0.25) is 11.8 Å². The number of hydrogen-bond acceptors (Lipinski definition) is 5. The van der Waals surface area contributed by atoms with E-state index in [0.29, 0.717) is 11.8 Å². The van der Waals surface area contributed by atoms with E-state index in [4.69, 9.17) is 4.74 Å². The Morgan fingerprint density at radius 1 is 1.00 bits per heavy atom. The van der Waals surface area contributed by atoms with Crippen LogP contribution in [0.15, 0.2) is 48.7 Å². The van der Waals surface area contributed by atoms with Gasteiger partial charge in [0.1, 0.15) is 11.9 Å². The second-order valence-corrected chi connectivity index (χ2v) is 7.87. The van der Waals surface area contributed by atoms with Crippen molar-refractivity contribution in [1.82, 2.24) is 19.7 Å². The van der Waals surface area contributed by atoms with Crippen LogP contribution < -0.4 is 9.64 Å². The second-order valence-electron chi connectivity index (χ2n) is 7.87. The Kier molecular flexibility index (Phi) is 5.79. The number of aryl methyl sites for hydroxylation is 1. The zero-order chi connectivity index (χ0) is 20.2. The molecule has 0 unspecified atom stereocenters. The van der Waals surface area contributed by atoms with Gasteiger partial charge in [0, 0.05) is 32.3 Å². The fourth-order valence-corrected chi connectivity index (χ4v) is 4.00. The third kappa shape index (κ3) is 4.26. The molecule has 1 fully saturated rings. The first kappa shape index (κ1) is 19.4. The van der Waals surface area contributed by atoms with Crippen molar-refractivity contribution < 1.29 is 4.74 Å². The van der Waals surface area contributed by atoms with Crippen molar-refractivity contribution in [2.24, 2.45) is 0 Å². The van der Waals surface area contributed by atoms with Crippen LogP contribution in [-0.2, 0) is 6.42 Å². The Hall–Kier alpha value is -2.89. The fraction of sp³-hybridized carbons (Fsp3) is 0.435. The first-order valence-corrected chi connectivity index (χ1v) is 10.5. The summed E-state index contributed by atoms with van der Waals surface area (Å²) in [4.78, 5) is 6.31. The Balaban J connectivity index is 1.53. The highest BCUT2D eigenvalue weighted by Crippen LogP contribution is 2.36. The number of anilines is 1. The molecule has 6 heteroatoms. The van der Waals surface area contributed by atoms with Gasteiger partial charge < -0.3 is 9.64 Å². The molecule has 0 N–H and O–H groups in total. The Bertz CT molecular complexity index is 912. The van der Waals surface area contributed by atoms with Crippen molar-refractivity contribution in [3.63, 3.8) is 0 Å². The summed E-state index contributed by atoms with van der Waals surface area (Å²) in [6, 6.07) is 14.5. The molecule has 1 aliphatic carbocycles. The summed E-state index contributed by atoms with van der Waals surface area (Å²) in [5.74, 6) is 3.01. The minimum atomic E-state index is 0.217. The molecule has 2 heterocycles. The normalized spacial score (nSPS) is 19.1. The van der Waals surface area contributed by atoms with Crippen LogP contribution >= 0.6 is 0 Å². The molecule has 1 aliphatic rings. The van der Waals surface area contributed by atoms with E-state index in [2.05, 4.69) is 50.9 Å². The molecule has 0 spiro atoms. The van der Waals surface area contributed by atoms with Crippen LogP contribution in [0.4, 0.5) is 5.95 Å².